The number of Topliss-reactive ketones (excluding diaryl/α,β-unsaturated/α-hetero) is 1. The lowest BCUT2D eigenvalue weighted by Crippen LogP contribution is -2.59. The number of hydrogen-bond acceptors (Lipinski definition) is 7. The molecule has 1 aliphatic rings. The molecule has 1 saturated heterocycles. The van der Waals surface area contributed by atoms with Gasteiger partial charge in [0.15, 0.2) is 0 Å². The van der Waals surface area contributed by atoms with E-state index in [0.29, 0.717) is 23.3 Å². The van der Waals surface area contributed by atoms with E-state index in [-0.39, 0.29) is 22.6 Å². The van der Waals surface area contributed by atoms with Gasteiger partial charge in [-0.3, -0.25) is 19.2 Å². The number of alkyl halides is 1. The Morgan fingerprint density at radius 1 is 0.837 bits per heavy atom. The number of imide groups is 1. The molecule has 0 radical (unpaired) electrons. The third-order valence-electron chi connectivity index (χ3n) is 7.28. The second kappa shape index (κ2) is 17.8. The van der Waals surface area contributed by atoms with Crippen LogP contribution in [0.3, 0.4) is 0 Å². The van der Waals surface area contributed by atoms with Crippen LogP contribution in [0, 0.1) is 0 Å². The number of esters is 1. The van der Waals surface area contributed by atoms with E-state index in [0.717, 1.165) is 19.3 Å². The molecule has 232 valence electrons. The van der Waals surface area contributed by atoms with Gasteiger partial charge in [0.1, 0.15) is 0 Å². The number of thioether (sulfide) groups is 1. The number of nitrogens with one attached hydrogen (secondary N) is 1. The van der Waals surface area contributed by atoms with Gasteiger partial charge in [-0.1, -0.05) is 137 Å². The molecule has 1 unspecified atom stereocenters. The molecular weight excluding hydrogens is 588 g/mol. The fourth-order valence-electron chi connectivity index (χ4n) is 4.87. The van der Waals surface area contributed by atoms with Crippen LogP contribution in [0.1, 0.15) is 105 Å². The summed E-state index contributed by atoms with van der Waals surface area (Å²) in [4.78, 5) is 62.5. The van der Waals surface area contributed by atoms with Crippen LogP contribution in [0.25, 0.3) is 0 Å². The number of halogens is 1. The van der Waals surface area contributed by atoms with Gasteiger partial charge in [0.25, 0.3) is 16.1 Å². The Hall–Kier alpha value is -3.17. The normalized spacial score (nSPS) is 14.4. The van der Waals surface area contributed by atoms with Gasteiger partial charge in [0.2, 0.25) is 11.7 Å². The summed E-state index contributed by atoms with van der Waals surface area (Å²) in [5.41, 5.74) is 0.415. The Kier molecular flexibility index (Phi) is 14.2. The van der Waals surface area contributed by atoms with Crippen LogP contribution in [-0.2, 0) is 14.3 Å². The van der Waals surface area contributed by atoms with E-state index in [1.54, 1.807) is 30.3 Å². The predicted octanol–water partition coefficient (Wildman–Crippen LogP) is 8.00. The second-order valence-electron chi connectivity index (χ2n) is 10.7. The van der Waals surface area contributed by atoms with Crippen molar-refractivity contribution in [3.05, 3.63) is 65.7 Å². The smallest absolute Gasteiger partial charge is 0.338 e. The predicted molar refractivity (Wildman–Crippen MR) is 170 cm³/mol. The number of rotatable bonds is 19. The van der Waals surface area contributed by atoms with E-state index < -0.39 is 33.8 Å². The molecule has 0 saturated carbocycles. The maximum Gasteiger partial charge on any atom is 0.338 e. The Labute approximate surface area is 263 Å². The van der Waals surface area contributed by atoms with Gasteiger partial charge in [0, 0.05) is 11.3 Å². The summed E-state index contributed by atoms with van der Waals surface area (Å²) in [6, 6.07) is 13.7. The maximum absolute atomic E-state index is 13.5. The molecule has 43 heavy (non-hydrogen) atoms. The van der Waals surface area contributed by atoms with Gasteiger partial charge in [-0.2, -0.15) is 0 Å². The fraction of sp³-hybridized carbons (Fsp3) is 0.485. The molecule has 2 aromatic carbocycles. The zero-order valence-electron chi connectivity index (χ0n) is 24.8. The second-order valence-corrected chi connectivity index (χ2v) is 12.1. The number of anilines is 1. The number of amides is 3. The molecule has 0 aliphatic carbocycles. The highest BCUT2D eigenvalue weighted by Crippen LogP contribution is 2.35. The van der Waals surface area contributed by atoms with E-state index in [4.69, 9.17) is 16.3 Å². The van der Waals surface area contributed by atoms with E-state index in [1.807, 2.05) is 0 Å². The first-order chi connectivity index (χ1) is 20.8. The zero-order chi connectivity index (χ0) is 31.1. The van der Waals surface area contributed by atoms with Crippen LogP contribution in [0.5, 0.6) is 0 Å². The van der Waals surface area contributed by atoms with Crippen LogP contribution in [0.2, 0.25) is 0 Å². The van der Waals surface area contributed by atoms with Gasteiger partial charge in [-0.25, -0.2) is 9.69 Å². The zero-order valence-corrected chi connectivity index (χ0v) is 26.4. The van der Waals surface area contributed by atoms with Crippen LogP contribution in [0.4, 0.5) is 10.5 Å². The molecule has 2 aromatic rings. The van der Waals surface area contributed by atoms with Crippen LogP contribution < -0.4 is 5.32 Å². The van der Waals surface area contributed by atoms with E-state index in [1.165, 1.54) is 82.1 Å². The molecular formula is C33H41ClN2O6S. The molecule has 1 heterocycles. The Bertz CT molecular complexity index is 1240. The average molecular weight is 629 g/mol. The number of ether oxygens (including phenoxy) is 1. The van der Waals surface area contributed by atoms with Crippen molar-refractivity contribution in [2.24, 2.45) is 0 Å². The summed E-state index contributed by atoms with van der Waals surface area (Å²) in [5.74, 6) is -3.54. The highest BCUT2D eigenvalue weighted by Gasteiger charge is 2.56. The molecule has 0 bridgehead atoms. The van der Waals surface area contributed by atoms with Crippen molar-refractivity contribution in [3.8, 4) is 0 Å². The Balaban J connectivity index is 1.50. The first-order valence-corrected chi connectivity index (χ1v) is 16.5. The standard InChI is InChI=1S/C33H41ClN2O6S/c1-2-3-4-5-6-7-8-9-10-11-12-16-22-42-30(39)26-20-17-21-27(23-26)35-31(40)33(34,36-28(37)24-43-32(36)41)29(38)25-18-14-13-15-19-25/h13-15,17-21,23H,2-12,16,22,24H2,1H3,(H,35,40). The molecule has 0 aromatic heterocycles. The monoisotopic (exact) mass is 628 g/mol. The molecule has 0 spiro atoms. The molecule has 1 N–H and O–H groups in total. The quantitative estimate of drug-likeness (QED) is 0.0419. The van der Waals surface area contributed by atoms with Crippen LogP contribution in [-0.4, -0.2) is 51.1 Å². The lowest BCUT2D eigenvalue weighted by molar-refractivity contribution is -0.132. The molecule has 1 atom stereocenters. The topological polar surface area (TPSA) is 110 Å². The summed E-state index contributed by atoms with van der Waals surface area (Å²) in [6.45, 7) is 2.52. The number of carbonyl (C=O) groups is 5. The number of unbranched alkanes of at least 4 members (excludes halogenated alkanes) is 11. The third-order valence-corrected chi connectivity index (χ3v) is 8.62. The molecule has 8 nitrogen and oxygen atoms in total. The van der Waals surface area contributed by atoms with Crippen molar-refractivity contribution in [2.45, 2.75) is 89.0 Å². The van der Waals surface area contributed by atoms with Crippen LogP contribution in [0.15, 0.2) is 54.6 Å². The first-order valence-electron chi connectivity index (χ1n) is 15.2. The molecule has 3 rings (SSSR count). The Morgan fingerprint density at radius 2 is 1.42 bits per heavy atom. The molecule has 3 amide bonds. The Morgan fingerprint density at radius 3 is 2.00 bits per heavy atom. The van der Waals surface area contributed by atoms with E-state index in [2.05, 4.69) is 12.2 Å². The van der Waals surface area contributed by atoms with Crippen molar-refractivity contribution >= 4 is 57.9 Å². The summed E-state index contributed by atoms with van der Waals surface area (Å²) < 4.78 is 5.42. The number of benzene rings is 2. The van der Waals surface area contributed by atoms with Gasteiger partial charge < -0.3 is 10.1 Å². The highest BCUT2D eigenvalue weighted by molar-refractivity contribution is 8.14. The SMILES string of the molecule is CCCCCCCCCCCCCCOC(=O)c1cccc(NC(=O)C(Cl)(C(=O)c2ccccc2)N2C(=O)CSC2=O)c1. The minimum atomic E-state index is -2.65. The van der Waals surface area contributed by atoms with E-state index in [9.17, 15) is 24.0 Å². The van der Waals surface area contributed by atoms with Crippen LogP contribution >= 0.6 is 23.4 Å². The lowest BCUT2D eigenvalue weighted by Gasteiger charge is -2.31. The van der Waals surface area contributed by atoms with Crippen molar-refractivity contribution in [2.75, 3.05) is 17.7 Å². The third kappa shape index (κ3) is 9.93. The minimum Gasteiger partial charge on any atom is -0.462 e. The molecule has 1 aliphatic heterocycles. The minimum absolute atomic E-state index is 0.0558. The van der Waals surface area contributed by atoms with Gasteiger partial charge in [-0.05, 0) is 24.6 Å². The highest BCUT2D eigenvalue weighted by atomic mass is 35.5. The maximum atomic E-state index is 13.5. The average Bonchev–Trinajstić information content (AvgIpc) is 3.36. The van der Waals surface area contributed by atoms with Crippen molar-refractivity contribution in [1.82, 2.24) is 4.90 Å². The molecule has 10 heteroatoms. The number of nitrogens with zero attached hydrogens (tertiary/aromatic N) is 1. The van der Waals surface area contributed by atoms with Crippen molar-refractivity contribution in [1.29, 1.82) is 0 Å². The molecule has 1 fully saturated rings. The van der Waals surface area contributed by atoms with E-state index >= 15 is 0 Å². The summed E-state index contributed by atoms with van der Waals surface area (Å²) in [6.07, 6.45) is 14.5. The summed E-state index contributed by atoms with van der Waals surface area (Å²) in [5, 5.41) is 1.71. The first kappa shape index (κ1) is 34.3. The van der Waals surface area contributed by atoms with Gasteiger partial charge in [-0.15, -0.1) is 0 Å². The summed E-state index contributed by atoms with van der Waals surface area (Å²) >= 11 is 7.27. The fourth-order valence-corrected chi connectivity index (χ4v) is 5.99. The number of ketones is 1. The van der Waals surface area contributed by atoms with Crippen molar-refractivity contribution < 1.29 is 28.7 Å². The number of hydrogen-bond donors (Lipinski definition) is 1. The van der Waals surface area contributed by atoms with Gasteiger partial charge >= 0.3 is 5.97 Å². The van der Waals surface area contributed by atoms with Crippen molar-refractivity contribution in [3.63, 3.8) is 0 Å². The largest absolute Gasteiger partial charge is 0.462 e. The number of carbonyl (C=O) groups excluding carboxylic acids is 5. The summed E-state index contributed by atoms with van der Waals surface area (Å²) in [7, 11) is 0. The lowest BCUT2D eigenvalue weighted by atomic mass is 10.0. The van der Waals surface area contributed by atoms with Gasteiger partial charge in [0.05, 0.1) is 17.9 Å².